The maximum Gasteiger partial charge on any atom is 0.317 e. The lowest BCUT2D eigenvalue weighted by molar-refractivity contribution is -0.146. The Morgan fingerprint density at radius 1 is 0.889 bits per heavy atom. The van der Waals surface area contributed by atoms with Gasteiger partial charge in [-0.1, -0.05) is 38.1 Å². The van der Waals surface area contributed by atoms with Gasteiger partial charge in [-0.25, -0.2) is 8.78 Å². The fourth-order valence-electron chi connectivity index (χ4n) is 5.02. The number of hydrogen-bond donors (Lipinski definition) is 2. The molecule has 45 heavy (non-hydrogen) atoms. The molecule has 246 valence electrons. The second kappa shape index (κ2) is 14.6. The Labute approximate surface area is 259 Å². The molecule has 2 N–H and O–H groups in total. The molecule has 0 saturated heterocycles. The third-order valence-corrected chi connectivity index (χ3v) is 8.64. The largest absolute Gasteiger partial charge is 0.508 e. The Bertz CT molecular complexity index is 1570. The molecule has 0 amide bonds. The van der Waals surface area contributed by atoms with Crippen LogP contribution in [0.15, 0.2) is 53.4 Å². The first-order valence-corrected chi connectivity index (χ1v) is 15.7. The van der Waals surface area contributed by atoms with E-state index >= 15 is 0 Å². The fourth-order valence-corrected chi connectivity index (χ4v) is 5.65. The molecule has 3 aromatic rings. The predicted octanol–water partition coefficient (Wildman–Crippen LogP) is 7.65. The van der Waals surface area contributed by atoms with Crippen molar-refractivity contribution >= 4 is 16.1 Å². The monoisotopic (exact) mass is 656 g/mol. The zero-order chi connectivity index (χ0) is 33.7. The van der Waals surface area contributed by atoms with Gasteiger partial charge in [0.2, 0.25) is 17.4 Å². The molecule has 0 aliphatic heterocycles. The number of esters is 1. The molecule has 8 nitrogen and oxygen atoms in total. The van der Waals surface area contributed by atoms with Crippen molar-refractivity contribution in [3.05, 3.63) is 82.9 Å². The SMILES string of the molecule is CCOC(C)Oc1ccc(C(C)CC(CC(C)(CC)C(=O)Oc2c(F)c(F)c(S(=O)(=O)O)c(F)c2F)c2ccc(O)cc2)cc1. The minimum absolute atomic E-state index is 0.0171. The highest BCUT2D eigenvalue weighted by Gasteiger charge is 2.40. The quantitative estimate of drug-likeness (QED) is 0.0454. The zero-order valence-electron chi connectivity index (χ0n) is 25.4. The van der Waals surface area contributed by atoms with Crippen LogP contribution < -0.4 is 9.47 Å². The van der Waals surface area contributed by atoms with Crippen LogP contribution in [0.4, 0.5) is 17.6 Å². The number of rotatable bonds is 14. The summed E-state index contributed by atoms with van der Waals surface area (Å²) in [6.07, 6.45) is 0.176. The van der Waals surface area contributed by atoms with Crippen LogP contribution in [-0.2, 0) is 19.6 Å². The molecule has 0 aliphatic rings. The first kappa shape index (κ1) is 35.8. The summed E-state index contributed by atoms with van der Waals surface area (Å²) < 4.78 is 106. The molecule has 0 aromatic heterocycles. The minimum atomic E-state index is -5.68. The molecule has 0 heterocycles. The predicted molar refractivity (Wildman–Crippen MR) is 157 cm³/mol. The summed E-state index contributed by atoms with van der Waals surface area (Å²) in [5.41, 5.74) is 0.234. The van der Waals surface area contributed by atoms with Crippen molar-refractivity contribution in [1.82, 2.24) is 0 Å². The average Bonchev–Trinajstić information content (AvgIpc) is 2.98. The van der Waals surface area contributed by atoms with Crippen molar-refractivity contribution in [3.63, 3.8) is 0 Å². The molecule has 4 unspecified atom stereocenters. The van der Waals surface area contributed by atoms with Crippen LogP contribution in [0.25, 0.3) is 0 Å². The van der Waals surface area contributed by atoms with E-state index in [2.05, 4.69) is 0 Å². The highest BCUT2D eigenvalue weighted by molar-refractivity contribution is 7.85. The second-order valence-corrected chi connectivity index (χ2v) is 12.4. The smallest absolute Gasteiger partial charge is 0.317 e. The number of hydrogen-bond acceptors (Lipinski definition) is 7. The highest BCUT2D eigenvalue weighted by Crippen LogP contribution is 2.42. The summed E-state index contributed by atoms with van der Waals surface area (Å²) in [4.78, 5) is 11.2. The summed E-state index contributed by atoms with van der Waals surface area (Å²) in [6, 6.07) is 13.7. The Kier molecular flexibility index (Phi) is 11.6. The van der Waals surface area contributed by atoms with Crippen LogP contribution in [-0.4, -0.2) is 36.9 Å². The molecule has 3 aromatic carbocycles. The average molecular weight is 657 g/mol. The molecule has 0 fully saturated rings. The van der Waals surface area contributed by atoms with E-state index in [1.54, 1.807) is 38.1 Å². The van der Waals surface area contributed by atoms with Crippen molar-refractivity contribution in [2.24, 2.45) is 5.41 Å². The van der Waals surface area contributed by atoms with E-state index in [9.17, 15) is 35.9 Å². The molecule has 13 heteroatoms. The number of carbonyl (C=O) groups excluding carboxylic acids is 1. The van der Waals surface area contributed by atoms with E-state index in [1.807, 2.05) is 26.0 Å². The summed E-state index contributed by atoms with van der Waals surface area (Å²) in [5, 5.41) is 9.84. The van der Waals surface area contributed by atoms with Crippen LogP contribution >= 0.6 is 0 Å². The summed E-state index contributed by atoms with van der Waals surface area (Å²) in [5.74, 6) is -12.3. The highest BCUT2D eigenvalue weighted by atomic mass is 32.2. The van der Waals surface area contributed by atoms with Gasteiger partial charge in [0.1, 0.15) is 11.5 Å². The zero-order valence-corrected chi connectivity index (χ0v) is 26.3. The van der Waals surface area contributed by atoms with Gasteiger partial charge in [0, 0.05) is 6.61 Å². The molecule has 0 bridgehead atoms. The first-order chi connectivity index (χ1) is 21.0. The normalized spacial score (nSPS) is 15.2. The van der Waals surface area contributed by atoms with Gasteiger partial charge in [0.05, 0.1) is 5.41 Å². The van der Waals surface area contributed by atoms with E-state index in [0.29, 0.717) is 18.8 Å². The number of phenolic OH excluding ortho intramolecular Hbond substituents is 1. The van der Waals surface area contributed by atoms with E-state index in [-0.39, 0.29) is 30.4 Å². The first-order valence-electron chi connectivity index (χ1n) is 14.2. The topological polar surface area (TPSA) is 119 Å². The molecular weight excluding hydrogens is 620 g/mol. The number of halogens is 4. The lowest BCUT2D eigenvalue weighted by Crippen LogP contribution is -2.34. The Morgan fingerprint density at radius 3 is 1.91 bits per heavy atom. The van der Waals surface area contributed by atoms with Crippen LogP contribution in [0, 0.1) is 28.7 Å². The maximum atomic E-state index is 14.7. The van der Waals surface area contributed by atoms with Gasteiger partial charge in [-0.3, -0.25) is 9.35 Å². The van der Waals surface area contributed by atoms with Crippen LogP contribution in [0.2, 0.25) is 0 Å². The number of aromatic hydroxyl groups is 1. The lowest BCUT2D eigenvalue weighted by Gasteiger charge is -2.32. The number of ether oxygens (including phenoxy) is 3. The van der Waals surface area contributed by atoms with Gasteiger partial charge in [-0.05, 0) is 87.3 Å². The summed E-state index contributed by atoms with van der Waals surface area (Å²) in [7, 11) is -5.68. The summed E-state index contributed by atoms with van der Waals surface area (Å²) in [6.45, 7) is 9.20. The maximum absolute atomic E-state index is 14.7. The third-order valence-electron chi connectivity index (χ3n) is 7.76. The Morgan fingerprint density at radius 2 is 1.42 bits per heavy atom. The van der Waals surface area contributed by atoms with Gasteiger partial charge >= 0.3 is 16.1 Å². The van der Waals surface area contributed by atoms with Crippen molar-refractivity contribution in [1.29, 1.82) is 0 Å². The minimum Gasteiger partial charge on any atom is -0.508 e. The van der Waals surface area contributed by atoms with Gasteiger partial charge in [0.15, 0.2) is 22.8 Å². The van der Waals surface area contributed by atoms with Gasteiger partial charge in [0.25, 0.3) is 0 Å². The molecule has 0 aliphatic carbocycles. The van der Waals surface area contributed by atoms with E-state index in [0.717, 1.165) is 11.1 Å². The molecule has 0 spiro atoms. The second-order valence-electron chi connectivity index (χ2n) is 11.0. The van der Waals surface area contributed by atoms with Crippen LogP contribution in [0.3, 0.4) is 0 Å². The third kappa shape index (κ3) is 8.53. The number of carbonyl (C=O) groups is 1. The van der Waals surface area contributed by atoms with E-state index < -0.39 is 61.7 Å². The van der Waals surface area contributed by atoms with Crippen molar-refractivity contribution in [3.8, 4) is 17.2 Å². The van der Waals surface area contributed by atoms with E-state index in [4.69, 9.17) is 18.8 Å². The van der Waals surface area contributed by atoms with Gasteiger partial charge < -0.3 is 19.3 Å². The lowest BCUT2D eigenvalue weighted by atomic mass is 9.73. The van der Waals surface area contributed by atoms with Crippen molar-refractivity contribution in [2.45, 2.75) is 76.9 Å². The molecule has 3 rings (SSSR count). The van der Waals surface area contributed by atoms with Crippen molar-refractivity contribution < 1.29 is 54.6 Å². The van der Waals surface area contributed by atoms with E-state index in [1.165, 1.54) is 19.1 Å². The van der Waals surface area contributed by atoms with Crippen LogP contribution in [0.5, 0.6) is 17.2 Å². The Hall–Kier alpha value is -3.68. The molecule has 0 saturated carbocycles. The van der Waals surface area contributed by atoms with Crippen molar-refractivity contribution in [2.75, 3.05) is 6.61 Å². The fraction of sp³-hybridized carbons (Fsp3) is 0.406. The number of benzene rings is 3. The molecule has 0 radical (unpaired) electrons. The van der Waals surface area contributed by atoms with Gasteiger partial charge in [-0.2, -0.15) is 17.2 Å². The molecule has 4 atom stereocenters. The molecular formula is C32H36F4O8S. The van der Waals surface area contributed by atoms with Crippen LogP contribution in [0.1, 0.15) is 76.8 Å². The summed E-state index contributed by atoms with van der Waals surface area (Å²) >= 11 is 0. The standard InChI is InChI=1S/C32H36F4O8S/c1-6-32(5,31(38)44-29-25(33)27(35)30(45(39,40)41)28(36)26(29)34)17-22(21-8-12-23(37)13-9-21)16-18(3)20-10-14-24(15-11-20)43-19(4)42-7-2/h8-15,18-19,22,37H,6-7,16-17H2,1-5H3,(H,39,40,41). The van der Waals surface area contributed by atoms with Gasteiger partial charge in [-0.15, -0.1) is 0 Å². The number of phenols is 1. The Balaban J connectivity index is 1.91.